The summed E-state index contributed by atoms with van der Waals surface area (Å²) in [5.41, 5.74) is 2.44. The summed E-state index contributed by atoms with van der Waals surface area (Å²) in [4.78, 5) is 20.9. The van der Waals surface area contributed by atoms with Gasteiger partial charge < -0.3 is 0 Å². The van der Waals surface area contributed by atoms with Gasteiger partial charge in [-0.1, -0.05) is 18.2 Å². The molecule has 0 saturated heterocycles. The van der Waals surface area contributed by atoms with Crippen LogP contribution in [0.15, 0.2) is 42.5 Å². The van der Waals surface area contributed by atoms with Crippen LogP contribution in [0.4, 0.5) is 0 Å². The predicted molar refractivity (Wildman–Crippen MR) is 79.4 cm³/mol. The lowest BCUT2D eigenvalue weighted by molar-refractivity contribution is 0.0983. The van der Waals surface area contributed by atoms with E-state index in [1.807, 2.05) is 22.9 Å². The van der Waals surface area contributed by atoms with Crippen molar-refractivity contribution in [2.45, 2.75) is 0 Å². The first-order chi connectivity index (χ1) is 9.94. The number of aromatic nitrogens is 2. The standard InChI is InChI=1S/C14H11N3O3S/c1-21(19,20)17-14(18)9-5-4-8-12-13(9)16-11-7-3-2-6-10(11)15-12/h2-8H,1H3,(H,17,18). The molecule has 0 unspecified atom stereocenters. The van der Waals surface area contributed by atoms with Crippen molar-refractivity contribution < 1.29 is 13.2 Å². The van der Waals surface area contributed by atoms with Crippen LogP contribution in [0, 0.1) is 0 Å². The number of hydrogen-bond donors (Lipinski definition) is 1. The molecule has 1 N–H and O–H groups in total. The van der Waals surface area contributed by atoms with Gasteiger partial charge in [0.15, 0.2) is 0 Å². The lowest BCUT2D eigenvalue weighted by Crippen LogP contribution is -2.29. The van der Waals surface area contributed by atoms with Crippen molar-refractivity contribution in [1.29, 1.82) is 0 Å². The van der Waals surface area contributed by atoms with Crippen LogP contribution in [-0.4, -0.2) is 30.5 Å². The number of sulfonamides is 1. The Bertz CT molecular complexity index is 968. The van der Waals surface area contributed by atoms with Crippen molar-refractivity contribution in [3.8, 4) is 0 Å². The van der Waals surface area contributed by atoms with E-state index in [9.17, 15) is 13.2 Å². The molecule has 0 radical (unpaired) electrons. The van der Waals surface area contributed by atoms with Gasteiger partial charge in [-0.05, 0) is 24.3 Å². The van der Waals surface area contributed by atoms with E-state index >= 15 is 0 Å². The first-order valence-corrected chi connectivity index (χ1v) is 8.01. The fourth-order valence-corrected chi connectivity index (χ4v) is 2.50. The smallest absolute Gasteiger partial charge is 0.266 e. The minimum absolute atomic E-state index is 0.177. The maximum atomic E-state index is 12.1. The van der Waals surface area contributed by atoms with E-state index in [4.69, 9.17) is 0 Å². The number of benzene rings is 2. The fraction of sp³-hybridized carbons (Fsp3) is 0.0714. The number of amides is 1. The molecule has 21 heavy (non-hydrogen) atoms. The van der Waals surface area contributed by atoms with Gasteiger partial charge in [0.25, 0.3) is 5.91 Å². The van der Waals surface area contributed by atoms with Crippen LogP contribution in [-0.2, 0) is 10.0 Å². The maximum Gasteiger partial charge on any atom is 0.266 e. The summed E-state index contributed by atoms with van der Waals surface area (Å²) in [6, 6.07) is 12.2. The number of hydrogen-bond acceptors (Lipinski definition) is 5. The zero-order valence-corrected chi connectivity index (χ0v) is 11.9. The first kappa shape index (κ1) is 13.4. The quantitative estimate of drug-likeness (QED) is 0.724. The molecule has 0 spiro atoms. The molecular formula is C14H11N3O3S. The molecule has 7 heteroatoms. The van der Waals surface area contributed by atoms with E-state index in [2.05, 4.69) is 9.97 Å². The third-order valence-electron chi connectivity index (χ3n) is 2.89. The minimum atomic E-state index is -3.63. The Labute approximate surface area is 120 Å². The number of rotatable bonds is 2. The third-order valence-corrected chi connectivity index (χ3v) is 3.45. The number of para-hydroxylation sites is 3. The van der Waals surface area contributed by atoms with Crippen LogP contribution in [0.25, 0.3) is 22.1 Å². The Hall–Kier alpha value is -2.54. The second kappa shape index (κ2) is 4.78. The van der Waals surface area contributed by atoms with Gasteiger partial charge in [0, 0.05) is 0 Å². The molecule has 0 bridgehead atoms. The molecule has 3 rings (SSSR count). The molecule has 0 saturated carbocycles. The molecule has 1 heterocycles. The van der Waals surface area contributed by atoms with Crippen molar-refractivity contribution in [2.75, 3.05) is 6.26 Å². The summed E-state index contributed by atoms with van der Waals surface area (Å²) in [7, 11) is -3.63. The number of nitrogens with one attached hydrogen (secondary N) is 1. The van der Waals surface area contributed by atoms with Crippen molar-refractivity contribution in [3.05, 3.63) is 48.0 Å². The van der Waals surface area contributed by atoms with Gasteiger partial charge in [-0.2, -0.15) is 0 Å². The van der Waals surface area contributed by atoms with Gasteiger partial charge in [-0.3, -0.25) is 4.79 Å². The molecule has 0 aliphatic heterocycles. The van der Waals surface area contributed by atoms with Crippen LogP contribution >= 0.6 is 0 Å². The summed E-state index contributed by atoms with van der Waals surface area (Å²) >= 11 is 0. The summed E-state index contributed by atoms with van der Waals surface area (Å²) in [6.45, 7) is 0. The van der Waals surface area contributed by atoms with Gasteiger partial charge in [0.05, 0.1) is 28.4 Å². The predicted octanol–water partition coefficient (Wildman–Crippen LogP) is 1.47. The second-order valence-corrected chi connectivity index (χ2v) is 6.34. The highest BCUT2D eigenvalue weighted by atomic mass is 32.2. The van der Waals surface area contributed by atoms with Crippen molar-refractivity contribution in [2.24, 2.45) is 0 Å². The lowest BCUT2D eigenvalue weighted by atomic mass is 10.1. The summed E-state index contributed by atoms with van der Waals surface area (Å²) in [5, 5.41) is 0. The average molecular weight is 301 g/mol. The minimum Gasteiger partial charge on any atom is -0.268 e. The Morgan fingerprint density at radius 1 is 0.952 bits per heavy atom. The van der Waals surface area contributed by atoms with Crippen molar-refractivity contribution in [1.82, 2.24) is 14.7 Å². The Kier molecular flexibility index (Phi) is 3.06. The summed E-state index contributed by atoms with van der Waals surface area (Å²) in [6.07, 6.45) is 0.928. The Morgan fingerprint density at radius 3 is 2.24 bits per heavy atom. The largest absolute Gasteiger partial charge is 0.268 e. The SMILES string of the molecule is CS(=O)(=O)NC(=O)c1cccc2nc3ccccc3nc12. The Morgan fingerprint density at radius 2 is 1.57 bits per heavy atom. The highest BCUT2D eigenvalue weighted by molar-refractivity contribution is 7.89. The zero-order valence-electron chi connectivity index (χ0n) is 11.1. The van der Waals surface area contributed by atoms with Crippen LogP contribution < -0.4 is 4.72 Å². The number of carbonyl (C=O) groups is 1. The molecule has 0 atom stereocenters. The van der Waals surface area contributed by atoms with Crippen molar-refractivity contribution in [3.63, 3.8) is 0 Å². The zero-order chi connectivity index (χ0) is 15.0. The van der Waals surface area contributed by atoms with Crippen LogP contribution in [0.2, 0.25) is 0 Å². The molecule has 1 amide bonds. The van der Waals surface area contributed by atoms with Gasteiger partial charge in [0.1, 0.15) is 5.52 Å². The molecule has 6 nitrogen and oxygen atoms in total. The van der Waals surface area contributed by atoms with Crippen LogP contribution in [0.5, 0.6) is 0 Å². The van der Waals surface area contributed by atoms with E-state index in [0.717, 1.165) is 6.26 Å². The summed E-state index contributed by atoms with van der Waals surface area (Å²) in [5.74, 6) is -0.715. The van der Waals surface area contributed by atoms with Crippen molar-refractivity contribution >= 4 is 38.0 Å². The first-order valence-electron chi connectivity index (χ1n) is 6.12. The Balaban J connectivity index is 2.23. The van der Waals surface area contributed by atoms with Gasteiger partial charge in [-0.25, -0.2) is 23.1 Å². The number of nitrogens with zero attached hydrogens (tertiary/aromatic N) is 2. The highest BCUT2D eigenvalue weighted by Gasteiger charge is 2.15. The lowest BCUT2D eigenvalue weighted by Gasteiger charge is -2.06. The topological polar surface area (TPSA) is 89.0 Å². The molecule has 106 valence electrons. The van der Waals surface area contributed by atoms with E-state index in [0.29, 0.717) is 22.1 Å². The molecular weight excluding hydrogens is 290 g/mol. The molecule has 0 aliphatic carbocycles. The molecule has 2 aromatic carbocycles. The number of carbonyl (C=O) groups excluding carboxylic acids is 1. The highest BCUT2D eigenvalue weighted by Crippen LogP contribution is 2.19. The number of fused-ring (bicyclic) bond motifs is 2. The van der Waals surface area contributed by atoms with Gasteiger partial charge in [-0.15, -0.1) is 0 Å². The molecule has 0 fully saturated rings. The molecule has 1 aromatic heterocycles. The second-order valence-electron chi connectivity index (χ2n) is 4.59. The maximum absolute atomic E-state index is 12.1. The van der Waals surface area contributed by atoms with Crippen LogP contribution in [0.3, 0.4) is 0 Å². The van der Waals surface area contributed by atoms with Crippen LogP contribution in [0.1, 0.15) is 10.4 Å². The molecule has 3 aromatic rings. The van der Waals surface area contributed by atoms with Gasteiger partial charge >= 0.3 is 0 Å². The summed E-state index contributed by atoms with van der Waals surface area (Å²) < 4.78 is 24.3. The monoisotopic (exact) mass is 301 g/mol. The van der Waals surface area contributed by atoms with E-state index in [-0.39, 0.29) is 5.56 Å². The molecule has 0 aliphatic rings. The van der Waals surface area contributed by atoms with Gasteiger partial charge in [0.2, 0.25) is 10.0 Å². The fourth-order valence-electron chi connectivity index (χ4n) is 2.05. The van der Waals surface area contributed by atoms with E-state index in [1.54, 1.807) is 18.2 Å². The van der Waals surface area contributed by atoms with E-state index in [1.165, 1.54) is 6.07 Å². The normalized spacial score (nSPS) is 11.7. The van der Waals surface area contributed by atoms with E-state index < -0.39 is 15.9 Å². The third kappa shape index (κ3) is 2.68. The average Bonchev–Trinajstić information content (AvgIpc) is 2.42.